The lowest BCUT2D eigenvalue weighted by Gasteiger charge is -2.15. The Morgan fingerprint density at radius 3 is 2.46 bits per heavy atom. The van der Waals surface area contributed by atoms with Gasteiger partial charge in [-0.05, 0) is 56.3 Å². The molecule has 0 radical (unpaired) electrons. The third-order valence-electron chi connectivity index (χ3n) is 4.39. The Labute approximate surface area is 161 Å². The molecule has 1 aromatic heterocycles. The molecule has 146 valence electrons. The van der Waals surface area contributed by atoms with Gasteiger partial charge in [0.2, 0.25) is 5.76 Å². The average molecular weight is 384 g/mol. The first kappa shape index (κ1) is 19.4. The Balaban J connectivity index is 1.68. The first-order valence-corrected chi connectivity index (χ1v) is 8.74. The number of ether oxygens (including phenoxy) is 1. The molecule has 7 heteroatoms. The molecular formula is C21H21FN2O4. The molecule has 2 aromatic carbocycles. The van der Waals surface area contributed by atoms with Gasteiger partial charge >= 0.3 is 5.97 Å². The summed E-state index contributed by atoms with van der Waals surface area (Å²) in [6.07, 6.45) is -1.04. The maximum absolute atomic E-state index is 13.4. The van der Waals surface area contributed by atoms with E-state index in [-0.39, 0.29) is 5.76 Å². The minimum atomic E-state index is -1.04. The molecule has 0 saturated carbocycles. The minimum absolute atomic E-state index is 0.0458. The van der Waals surface area contributed by atoms with Crippen LogP contribution in [-0.2, 0) is 9.53 Å². The van der Waals surface area contributed by atoms with Crippen LogP contribution in [0.15, 0.2) is 46.9 Å². The highest BCUT2D eigenvalue weighted by Gasteiger charge is 2.24. The maximum atomic E-state index is 13.4. The monoisotopic (exact) mass is 384 g/mol. The van der Waals surface area contributed by atoms with Crippen molar-refractivity contribution in [1.82, 2.24) is 0 Å². The zero-order chi connectivity index (χ0) is 20.4. The van der Waals surface area contributed by atoms with Crippen LogP contribution in [0.5, 0.6) is 0 Å². The van der Waals surface area contributed by atoms with Gasteiger partial charge in [-0.25, -0.2) is 9.18 Å². The number of carbonyl (C=O) groups excluding carboxylic acids is 2. The van der Waals surface area contributed by atoms with E-state index in [2.05, 4.69) is 5.32 Å². The molecule has 0 bridgehead atoms. The molecule has 0 aliphatic rings. The van der Waals surface area contributed by atoms with Crippen LogP contribution in [0.4, 0.5) is 15.8 Å². The van der Waals surface area contributed by atoms with Gasteiger partial charge in [-0.1, -0.05) is 0 Å². The van der Waals surface area contributed by atoms with Crippen molar-refractivity contribution in [3.63, 3.8) is 0 Å². The first-order valence-electron chi connectivity index (χ1n) is 8.74. The molecule has 1 atom stereocenters. The zero-order valence-corrected chi connectivity index (χ0v) is 16.1. The van der Waals surface area contributed by atoms with E-state index < -0.39 is 23.8 Å². The number of nitrogens with one attached hydrogen (secondary N) is 1. The third-order valence-corrected chi connectivity index (χ3v) is 4.39. The van der Waals surface area contributed by atoms with Gasteiger partial charge in [0.15, 0.2) is 6.10 Å². The molecule has 6 nitrogen and oxygen atoms in total. The van der Waals surface area contributed by atoms with Gasteiger partial charge in [0.1, 0.15) is 11.4 Å². The van der Waals surface area contributed by atoms with Crippen molar-refractivity contribution in [2.24, 2.45) is 0 Å². The summed E-state index contributed by atoms with van der Waals surface area (Å²) in [6, 6.07) is 11.2. The highest BCUT2D eigenvalue weighted by atomic mass is 19.1. The Kier molecular flexibility index (Phi) is 5.35. The van der Waals surface area contributed by atoms with Crippen LogP contribution in [0.1, 0.15) is 23.0 Å². The Morgan fingerprint density at radius 2 is 1.82 bits per heavy atom. The molecule has 1 N–H and O–H groups in total. The van der Waals surface area contributed by atoms with E-state index in [0.29, 0.717) is 22.2 Å². The molecule has 1 amide bonds. The second-order valence-electron chi connectivity index (χ2n) is 6.67. The Morgan fingerprint density at radius 1 is 1.14 bits per heavy atom. The van der Waals surface area contributed by atoms with Crippen LogP contribution in [0.3, 0.4) is 0 Å². The standard InChI is InChI=1S/C21H21FN2O4/c1-12-17-11-14(22)5-10-18(17)28-19(12)21(26)27-13(2)20(25)23-15-6-8-16(9-7-15)24(3)4/h5-11,13H,1-4H3,(H,23,25). The molecule has 0 aliphatic heterocycles. The van der Waals surface area contributed by atoms with E-state index in [4.69, 9.17) is 9.15 Å². The van der Waals surface area contributed by atoms with Gasteiger partial charge in [0.05, 0.1) is 0 Å². The normalized spacial score (nSPS) is 11.9. The number of furan rings is 1. The first-order chi connectivity index (χ1) is 13.3. The number of aryl methyl sites for hydroxylation is 1. The quantitative estimate of drug-likeness (QED) is 0.670. The highest BCUT2D eigenvalue weighted by Crippen LogP contribution is 2.27. The zero-order valence-electron chi connectivity index (χ0n) is 16.1. The number of hydrogen-bond acceptors (Lipinski definition) is 5. The van der Waals surface area contributed by atoms with Gasteiger partial charge in [0, 0.05) is 36.4 Å². The number of rotatable bonds is 5. The van der Waals surface area contributed by atoms with Crippen molar-refractivity contribution in [2.75, 3.05) is 24.3 Å². The summed E-state index contributed by atoms with van der Waals surface area (Å²) in [5.74, 6) is -1.72. The summed E-state index contributed by atoms with van der Waals surface area (Å²) >= 11 is 0. The molecule has 1 heterocycles. The second-order valence-corrected chi connectivity index (χ2v) is 6.67. The topological polar surface area (TPSA) is 71.8 Å². The number of esters is 1. The Hall–Kier alpha value is -3.35. The SMILES string of the molecule is Cc1c(C(=O)OC(C)C(=O)Nc2ccc(N(C)C)cc2)oc2ccc(F)cc12. The van der Waals surface area contributed by atoms with Crippen molar-refractivity contribution in [3.05, 3.63) is 59.6 Å². The van der Waals surface area contributed by atoms with E-state index >= 15 is 0 Å². The smallest absolute Gasteiger partial charge is 0.375 e. The summed E-state index contributed by atoms with van der Waals surface area (Å²) in [5, 5.41) is 3.19. The van der Waals surface area contributed by atoms with Crippen molar-refractivity contribution in [1.29, 1.82) is 0 Å². The van der Waals surface area contributed by atoms with Gasteiger partial charge in [-0.2, -0.15) is 0 Å². The molecule has 0 spiro atoms. The van der Waals surface area contributed by atoms with E-state index in [1.807, 2.05) is 31.1 Å². The number of amides is 1. The lowest BCUT2D eigenvalue weighted by Crippen LogP contribution is -2.30. The molecule has 3 aromatic rings. The maximum Gasteiger partial charge on any atom is 0.375 e. The lowest BCUT2D eigenvalue weighted by molar-refractivity contribution is -0.123. The summed E-state index contributed by atoms with van der Waals surface area (Å²) in [4.78, 5) is 26.7. The van der Waals surface area contributed by atoms with Crippen molar-refractivity contribution in [3.8, 4) is 0 Å². The summed E-state index contributed by atoms with van der Waals surface area (Å²) in [5.41, 5.74) is 2.43. The summed E-state index contributed by atoms with van der Waals surface area (Å²) in [7, 11) is 3.84. The number of carbonyl (C=O) groups is 2. The minimum Gasteiger partial charge on any atom is -0.449 e. The van der Waals surface area contributed by atoms with Crippen molar-refractivity contribution >= 4 is 34.2 Å². The van der Waals surface area contributed by atoms with Gasteiger partial charge in [0.25, 0.3) is 5.91 Å². The molecule has 1 unspecified atom stereocenters. The highest BCUT2D eigenvalue weighted by molar-refractivity contribution is 5.99. The lowest BCUT2D eigenvalue weighted by atomic mass is 10.1. The number of benzene rings is 2. The predicted octanol–water partition coefficient (Wildman–Crippen LogP) is 4.13. The van der Waals surface area contributed by atoms with E-state index in [9.17, 15) is 14.0 Å². The Bertz CT molecular complexity index is 1020. The van der Waals surface area contributed by atoms with Crippen LogP contribution in [0.25, 0.3) is 11.0 Å². The van der Waals surface area contributed by atoms with Gasteiger partial charge in [-0.3, -0.25) is 4.79 Å². The predicted molar refractivity (Wildman–Crippen MR) is 105 cm³/mol. The van der Waals surface area contributed by atoms with Crippen LogP contribution in [0.2, 0.25) is 0 Å². The number of anilines is 2. The van der Waals surface area contributed by atoms with Crippen molar-refractivity contribution < 1.29 is 23.1 Å². The second kappa shape index (κ2) is 7.72. The number of hydrogen-bond donors (Lipinski definition) is 1. The van der Waals surface area contributed by atoms with Gasteiger partial charge in [-0.15, -0.1) is 0 Å². The van der Waals surface area contributed by atoms with Crippen LogP contribution in [0, 0.1) is 12.7 Å². The largest absolute Gasteiger partial charge is 0.449 e. The van der Waals surface area contributed by atoms with Gasteiger partial charge < -0.3 is 19.4 Å². The molecule has 3 rings (SSSR count). The van der Waals surface area contributed by atoms with Crippen molar-refractivity contribution in [2.45, 2.75) is 20.0 Å². The van der Waals surface area contributed by atoms with Crippen LogP contribution < -0.4 is 10.2 Å². The fourth-order valence-electron chi connectivity index (χ4n) is 2.74. The number of halogens is 1. The van der Waals surface area contributed by atoms with E-state index in [1.54, 1.807) is 19.1 Å². The fourth-order valence-corrected chi connectivity index (χ4v) is 2.74. The molecule has 0 fully saturated rings. The van der Waals surface area contributed by atoms with Crippen LogP contribution >= 0.6 is 0 Å². The summed E-state index contributed by atoms with van der Waals surface area (Å²) < 4.78 is 24.1. The summed E-state index contributed by atoms with van der Waals surface area (Å²) in [6.45, 7) is 3.11. The molecule has 0 aliphatic carbocycles. The number of nitrogens with zero attached hydrogens (tertiary/aromatic N) is 1. The third kappa shape index (κ3) is 3.98. The molecular weight excluding hydrogens is 363 g/mol. The average Bonchev–Trinajstić information content (AvgIpc) is 2.98. The van der Waals surface area contributed by atoms with E-state index in [0.717, 1.165) is 5.69 Å². The number of fused-ring (bicyclic) bond motifs is 1. The van der Waals surface area contributed by atoms with E-state index in [1.165, 1.54) is 25.1 Å². The fraction of sp³-hybridized carbons (Fsp3) is 0.238. The molecule has 28 heavy (non-hydrogen) atoms. The molecule has 0 saturated heterocycles. The van der Waals surface area contributed by atoms with Crippen LogP contribution in [-0.4, -0.2) is 32.1 Å².